The summed E-state index contributed by atoms with van der Waals surface area (Å²) < 4.78 is 39.1. The van der Waals surface area contributed by atoms with Crippen molar-refractivity contribution >= 4 is 17.7 Å². The van der Waals surface area contributed by atoms with Gasteiger partial charge < -0.3 is 19.1 Å². The molecule has 29 heavy (non-hydrogen) atoms. The molecule has 0 aromatic heterocycles. The van der Waals surface area contributed by atoms with Crippen molar-refractivity contribution in [1.82, 2.24) is 4.90 Å². The van der Waals surface area contributed by atoms with Gasteiger partial charge in [-0.2, -0.15) is 8.78 Å². The molecule has 0 saturated carbocycles. The van der Waals surface area contributed by atoms with Crippen LogP contribution in [0.25, 0.3) is 0 Å². The summed E-state index contributed by atoms with van der Waals surface area (Å²) in [5.41, 5.74) is 1.61. The molecule has 0 unspecified atom stereocenters. The molecule has 156 valence electrons. The maximum atomic E-state index is 12.6. The summed E-state index contributed by atoms with van der Waals surface area (Å²) in [5.74, 6) is -0.178. The van der Waals surface area contributed by atoms with E-state index in [1.54, 1.807) is 44.3 Å². The number of methoxy groups -OCH3 is 1. The summed E-state index contributed by atoms with van der Waals surface area (Å²) in [6.07, 6.45) is -0.572. The minimum Gasteiger partial charge on any atom is -0.493 e. The average Bonchev–Trinajstić information content (AvgIpc) is 2.69. The average molecular weight is 408 g/mol. The highest BCUT2D eigenvalue weighted by Gasteiger charge is 2.15. The van der Waals surface area contributed by atoms with Gasteiger partial charge in [-0.1, -0.05) is 6.07 Å². The number of carbonyl (C=O) groups excluding carboxylic acids is 2. The lowest BCUT2D eigenvalue weighted by molar-refractivity contribution is -0.0512. The molecule has 0 aliphatic carbocycles. The number of hydrogen-bond donors (Lipinski definition) is 1. The van der Waals surface area contributed by atoms with E-state index in [-0.39, 0.29) is 30.6 Å². The summed E-state index contributed by atoms with van der Waals surface area (Å²) in [4.78, 5) is 25.5. The van der Waals surface area contributed by atoms with Gasteiger partial charge in [0.2, 0.25) is 0 Å². The van der Waals surface area contributed by atoms with Crippen molar-refractivity contribution in [3.05, 3.63) is 53.6 Å². The van der Waals surface area contributed by atoms with Gasteiger partial charge in [0.1, 0.15) is 0 Å². The van der Waals surface area contributed by atoms with E-state index in [4.69, 9.17) is 9.47 Å². The Labute approximate surface area is 167 Å². The van der Waals surface area contributed by atoms with Crippen LogP contribution in [-0.4, -0.2) is 44.3 Å². The van der Waals surface area contributed by atoms with Crippen LogP contribution in [-0.2, 0) is 11.3 Å². The number of alkyl halides is 2. The Hall–Kier alpha value is -3.36. The number of nitrogens with one attached hydrogen (secondary N) is 1. The summed E-state index contributed by atoms with van der Waals surface area (Å²) in [6, 6.07) is 10.8. The van der Waals surface area contributed by atoms with Gasteiger partial charge in [0.05, 0.1) is 13.7 Å². The summed E-state index contributed by atoms with van der Waals surface area (Å²) in [5, 5.41) is 2.54. The molecule has 0 atom stereocenters. The Morgan fingerprint density at radius 2 is 1.79 bits per heavy atom. The van der Waals surface area contributed by atoms with E-state index in [0.29, 0.717) is 16.8 Å². The van der Waals surface area contributed by atoms with Crippen LogP contribution in [0.2, 0.25) is 0 Å². The number of amides is 2. The minimum atomic E-state index is -2.96. The standard InChI is InChI=1S/C20H22F2N2O5/c1-4-28-20(26)23-15-8-6-14(7-9-15)18(25)24(2)12-13-5-10-16(29-19(21)22)17(11-13)27-3/h5-11,19H,4,12H2,1-3H3,(H,23,26). The van der Waals surface area contributed by atoms with E-state index in [2.05, 4.69) is 10.1 Å². The molecule has 0 radical (unpaired) electrons. The normalized spacial score (nSPS) is 10.4. The van der Waals surface area contributed by atoms with Crippen LogP contribution in [0.15, 0.2) is 42.5 Å². The fourth-order valence-corrected chi connectivity index (χ4v) is 2.55. The summed E-state index contributed by atoms with van der Waals surface area (Å²) in [7, 11) is 2.96. The van der Waals surface area contributed by atoms with Crippen molar-refractivity contribution in [2.24, 2.45) is 0 Å². The van der Waals surface area contributed by atoms with Crippen molar-refractivity contribution in [2.45, 2.75) is 20.1 Å². The lowest BCUT2D eigenvalue weighted by Crippen LogP contribution is -2.26. The zero-order chi connectivity index (χ0) is 21.4. The van der Waals surface area contributed by atoms with E-state index in [1.807, 2.05) is 0 Å². The molecule has 2 rings (SSSR count). The van der Waals surface area contributed by atoms with E-state index >= 15 is 0 Å². The van der Waals surface area contributed by atoms with E-state index in [9.17, 15) is 18.4 Å². The highest BCUT2D eigenvalue weighted by atomic mass is 19.3. The second kappa shape index (κ2) is 10.3. The monoisotopic (exact) mass is 408 g/mol. The van der Waals surface area contributed by atoms with Gasteiger partial charge >= 0.3 is 12.7 Å². The molecule has 2 aromatic rings. The van der Waals surface area contributed by atoms with Gasteiger partial charge in [-0.3, -0.25) is 10.1 Å². The van der Waals surface area contributed by atoms with Crippen molar-refractivity contribution < 1.29 is 32.6 Å². The smallest absolute Gasteiger partial charge is 0.411 e. The Balaban J connectivity index is 2.04. The molecule has 2 amide bonds. The molecule has 0 spiro atoms. The molecule has 9 heteroatoms. The van der Waals surface area contributed by atoms with Gasteiger partial charge in [0.15, 0.2) is 11.5 Å². The first-order chi connectivity index (χ1) is 13.8. The molecule has 0 bridgehead atoms. The third kappa shape index (κ3) is 6.34. The van der Waals surface area contributed by atoms with Crippen LogP contribution in [0.1, 0.15) is 22.8 Å². The van der Waals surface area contributed by atoms with Gasteiger partial charge in [0.25, 0.3) is 5.91 Å². The second-order valence-electron chi connectivity index (χ2n) is 5.95. The van der Waals surface area contributed by atoms with E-state index in [1.165, 1.54) is 24.1 Å². The van der Waals surface area contributed by atoms with Crippen molar-refractivity contribution in [3.8, 4) is 11.5 Å². The fraction of sp³-hybridized carbons (Fsp3) is 0.300. The summed E-state index contributed by atoms with van der Waals surface area (Å²) in [6.45, 7) is -0.771. The first-order valence-corrected chi connectivity index (χ1v) is 8.75. The van der Waals surface area contributed by atoms with Gasteiger partial charge in [0, 0.05) is 24.8 Å². The maximum absolute atomic E-state index is 12.6. The first-order valence-electron chi connectivity index (χ1n) is 8.75. The van der Waals surface area contributed by atoms with Gasteiger partial charge in [-0.25, -0.2) is 4.79 Å². The minimum absolute atomic E-state index is 0.0788. The van der Waals surface area contributed by atoms with Crippen LogP contribution in [0.3, 0.4) is 0 Å². The Morgan fingerprint density at radius 3 is 2.38 bits per heavy atom. The zero-order valence-electron chi connectivity index (χ0n) is 16.3. The van der Waals surface area contributed by atoms with Crippen LogP contribution >= 0.6 is 0 Å². The predicted octanol–water partition coefficient (Wildman–Crippen LogP) is 4.14. The number of rotatable bonds is 8. The Kier molecular flexibility index (Phi) is 7.76. The molecular weight excluding hydrogens is 386 g/mol. The molecule has 0 heterocycles. The molecule has 7 nitrogen and oxygen atoms in total. The predicted molar refractivity (Wildman–Crippen MR) is 103 cm³/mol. The molecule has 2 aromatic carbocycles. The van der Waals surface area contributed by atoms with Crippen molar-refractivity contribution in [3.63, 3.8) is 0 Å². The number of anilines is 1. The van der Waals surface area contributed by atoms with Crippen LogP contribution < -0.4 is 14.8 Å². The molecule has 0 aliphatic heterocycles. The third-order valence-electron chi connectivity index (χ3n) is 3.86. The lowest BCUT2D eigenvalue weighted by Gasteiger charge is -2.19. The SMILES string of the molecule is CCOC(=O)Nc1ccc(C(=O)N(C)Cc2ccc(OC(F)F)c(OC)c2)cc1. The number of ether oxygens (including phenoxy) is 3. The molecule has 0 fully saturated rings. The van der Waals surface area contributed by atoms with Crippen LogP contribution in [0.5, 0.6) is 11.5 Å². The molecule has 1 N–H and O–H groups in total. The highest BCUT2D eigenvalue weighted by Crippen LogP contribution is 2.30. The third-order valence-corrected chi connectivity index (χ3v) is 3.86. The zero-order valence-corrected chi connectivity index (χ0v) is 16.3. The first kappa shape index (κ1) is 21.9. The number of carbonyl (C=O) groups is 2. The molecule has 0 aliphatic rings. The van der Waals surface area contributed by atoms with Crippen molar-refractivity contribution in [1.29, 1.82) is 0 Å². The van der Waals surface area contributed by atoms with Crippen molar-refractivity contribution in [2.75, 3.05) is 26.1 Å². The number of benzene rings is 2. The number of nitrogens with zero attached hydrogens (tertiary/aromatic N) is 1. The van der Waals surface area contributed by atoms with E-state index in [0.717, 1.165) is 0 Å². The Morgan fingerprint density at radius 1 is 1.10 bits per heavy atom. The summed E-state index contributed by atoms with van der Waals surface area (Å²) >= 11 is 0. The topological polar surface area (TPSA) is 77.1 Å². The quantitative estimate of drug-likeness (QED) is 0.711. The van der Waals surface area contributed by atoms with Crippen LogP contribution in [0.4, 0.5) is 19.3 Å². The van der Waals surface area contributed by atoms with Crippen LogP contribution in [0, 0.1) is 0 Å². The molecular formula is C20H22F2N2O5. The molecule has 0 saturated heterocycles. The second-order valence-corrected chi connectivity index (χ2v) is 5.95. The number of hydrogen-bond acceptors (Lipinski definition) is 5. The largest absolute Gasteiger partial charge is 0.493 e. The van der Waals surface area contributed by atoms with Gasteiger partial charge in [-0.15, -0.1) is 0 Å². The van der Waals surface area contributed by atoms with E-state index < -0.39 is 12.7 Å². The number of halogens is 2. The lowest BCUT2D eigenvalue weighted by atomic mass is 10.1. The maximum Gasteiger partial charge on any atom is 0.411 e. The highest BCUT2D eigenvalue weighted by molar-refractivity contribution is 5.95. The fourth-order valence-electron chi connectivity index (χ4n) is 2.55. The van der Waals surface area contributed by atoms with Gasteiger partial charge in [-0.05, 0) is 48.9 Å². The Bertz CT molecular complexity index is 843.